The summed E-state index contributed by atoms with van der Waals surface area (Å²) in [5.74, 6) is -0.116. The SMILES string of the molecule is CCC(C)C(NCc1ccc(C(C)C)cc1)C(=O)O. The summed E-state index contributed by atoms with van der Waals surface area (Å²) < 4.78 is 0. The maximum Gasteiger partial charge on any atom is 0.320 e. The van der Waals surface area contributed by atoms with Crippen LogP contribution in [0.4, 0.5) is 0 Å². The molecule has 3 nitrogen and oxygen atoms in total. The summed E-state index contributed by atoms with van der Waals surface area (Å²) in [5.41, 5.74) is 2.43. The predicted octanol–water partition coefficient (Wildman–Crippen LogP) is 3.40. The largest absolute Gasteiger partial charge is 0.480 e. The van der Waals surface area contributed by atoms with Crippen LogP contribution in [0.3, 0.4) is 0 Å². The topological polar surface area (TPSA) is 49.3 Å². The van der Waals surface area contributed by atoms with Gasteiger partial charge in [-0.3, -0.25) is 4.79 Å². The van der Waals surface area contributed by atoms with Crippen molar-refractivity contribution in [1.82, 2.24) is 5.32 Å². The molecule has 2 unspecified atom stereocenters. The molecule has 106 valence electrons. The maximum absolute atomic E-state index is 11.2. The van der Waals surface area contributed by atoms with Gasteiger partial charge in [-0.2, -0.15) is 0 Å². The van der Waals surface area contributed by atoms with E-state index in [1.165, 1.54) is 5.56 Å². The number of nitrogens with one attached hydrogen (secondary N) is 1. The normalized spacial score (nSPS) is 14.4. The molecule has 0 amide bonds. The van der Waals surface area contributed by atoms with E-state index < -0.39 is 12.0 Å². The zero-order chi connectivity index (χ0) is 14.4. The maximum atomic E-state index is 11.2. The first-order valence-corrected chi connectivity index (χ1v) is 7.00. The van der Waals surface area contributed by atoms with E-state index in [4.69, 9.17) is 0 Å². The van der Waals surface area contributed by atoms with Crippen molar-refractivity contribution < 1.29 is 9.90 Å². The summed E-state index contributed by atoms with van der Waals surface area (Å²) in [7, 11) is 0. The van der Waals surface area contributed by atoms with Crippen LogP contribution in [0.15, 0.2) is 24.3 Å². The number of rotatable bonds is 7. The Bertz CT molecular complexity index is 398. The number of benzene rings is 1. The Morgan fingerprint density at radius 2 is 1.79 bits per heavy atom. The molecule has 19 heavy (non-hydrogen) atoms. The zero-order valence-electron chi connectivity index (χ0n) is 12.3. The van der Waals surface area contributed by atoms with Crippen molar-refractivity contribution in [1.29, 1.82) is 0 Å². The molecule has 1 rings (SSSR count). The Hall–Kier alpha value is -1.35. The van der Waals surface area contributed by atoms with Gasteiger partial charge < -0.3 is 10.4 Å². The van der Waals surface area contributed by atoms with Gasteiger partial charge in [-0.05, 0) is 23.0 Å². The molecular formula is C16H25NO2. The number of carbonyl (C=O) groups is 1. The van der Waals surface area contributed by atoms with Crippen molar-refractivity contribution in [3.63, 3.8) is 0 Å². The second-order valence-corrected chi connectivity index (χ2v) is 5.48. The molecule has 3 heteroatoms. The van der Waals surface area contributed by atoms with Gasteiger partial charge in [-0.1, -0.05) is 58.4 Å². The summed E-state index contributed by atoms with van der Waals surface area (Å²) >= 11 is 0. The minimum absolute atomic E-state index is 0.132. The van der Waals surface area contributed by atoms with Crippen molar-refractivity contribution in [3.05, 3.63) is 35.4 Å². The first-order valence-electron chi connectivity index (χ1n) is 7.00. The molecule has 0 aliphatic rings. The Balaban J connectivity index is 2.61. The second kappa shape index (κ2) is 7.29. The highest BCUT2D eigenvalue weighted by molar-refractivity contribution is 5.73. The highest BCUT2D eigenvalue weighted by Crippen LogP contribution is 2.15. The molecule has 0 heterocycles. The summed E-state index contributed by atoms with van der Waals surface area (Å²) in [6.07, 6.45) is 0.857. The van der Waals surface area contributed by atoms with E-state index in [-0.39, 0.29) is 5.92 Å². The standard InChI is InChI=1S/C16H25NO2/c1-5-12(4)15(16(18)19)17-10-13-6-8-14(9-7-13)11(2)3/h6-9,11-12,15,17H,5,10H2,1-4H3,(H,18,19). The third-order valence-electron chi connectivity index (χ3n) is 3.65. The van der Waals surface area contributed by atoms with Crippen LogP contribution in [0.25, 0.3) is 0 Å². The molecule has 2 N–H and O–H groups in total. The van der Waals surface area contributed by atoms with E-state index in [2.05, 4.69) is 43.4 Å². The van der Waals surface area contributed by atoms with Gasteiger partial charge in [0.1, 0.15) is 6.04 Å². The monoisotopic (exact) mass is 263 g/mol. The number of carboxylic acids is 1. The number of hydrogen-bond donors (Lipinski definition) is 2. The molecule has 0 spiro atoms. The average molecular weight is 263 g/mol. The van der Waals surface area contributed by atoms with Crippen LogP contribution in [0, 0.1) is 5.92 Å². The van der Waals surface area contributed by atoms with Crippen LogP contribution in [0.1, 0.15) is 51.2 Å². The molecule has 1 aromatic rings. The highest BCUT2D eigenvalue weighted by atomic mass is 16.4. The van der Waals surface area contributed by atoms with Gasteiger partial charge >= 0.3 is 5.97 Å². The molecule has 0 saturated carbocycles. The van der Waals surface area contributed by atoms with Crippen molar-refractivity contribution in [2.75, 3.05) is 0 Å². The third kappa shape index (κ3) is 4.67. The third-order valence-corrected chi connectivity index (χ3v) is 3.65. The van der Waals surface area contributed by atoms with Gasteiger partial charge in [-0.25, -0.2) is 0 Å². The first kappa shape index (κ1) is 15.7. The van der Waals surface area contributed by atoms with Crippen molar-refractivity contribution in [2.45, 2.75) is 52.6 Å². The van der Waals surface area contributed by atoms with Gasteiger partial charge in [0.2, 0.25) is 0 Å². The minimum atomic E-state index is -0.770. The predicted molar refractivity (Wildman–Crippen MR) is 78.2 cm³/mol. The Morgan fingerprint density at radius 3 is 2.21 bits per heavy atom. The van der Waals surface area contributed by atoms with E-state index in [1.807, 2.05) is 13.8 Å². The lowest BCUT2D eigenvalue weighted by atomic mass is 9.98. The molecular weight excluding hydrogens is 238 g/mol. The van der Waals surface area contributed by atoms with E-state index >= 15 is 0 Å². The molecule has 2 atom stereocenters. The van der Waals surface area contributed by atoms with Gasteiger partial charge in [0.25, 0.3) is 0 Å². The minimum Gasteiger partial charge on any atom is -0.480 e. The van der Waals surface area contributed by atoms with E-state index in [1.54, 1.807) is 0 Å². The van der Waals surface area contributed by atoms with E-state index in [0.717, 1.165) is 12.0 Å². The fraction of sp³-hybridized carbons (Fsp3) is 0.562. The Kier molecular flexibility index (Phi) is 6.03. The molecule has 0 aliphatic carbocycles. The molecule has 0 bridgehead atoms. The first-order chi connectivity index (χ1) is 8.95. The fourth-order valence-corrected chi connectivity index (χ4v) is 2.02. The van der Waals surface area contributed by atoms with Gasteiger partial charge in [-0.15, -0.1) is 0 Å². The van der Waals surface area contributed by atoms with Crippen molar-refractivity contribution in [3.8, 4) is 0 Å². The number of carboxylic acid groups (broad SMARTS) is 1. The Labute approximate surface area is 116 Å². The molecule has 0 saturated heterocycles. The quantitative estimate of drug-likeness (QED) is 0.792. The summed E-state index contributed by atoms with van der Waals surface area (Å²) in [5, 5.41) is 12.3. The average Bonchev–Trinajstić information content (AvgIpc) is 2.38. The Morgan fingerprint density at radius 1 is 1.21 bits per heavy atom. The van der Waals surface area contributed by atoms with Crippen molar-refractivity contribution >= 4 is 5.97 Å². The number of hydrogen-bond acceptors (Lipinski definition) is 2. The summed E-state index contributed by atoms with van der Waals surface area (Å²) in [4.78, 5) is 11.2. The van der Waals surface area contributed by atoms with E-state index in [0.29, 0.717) is 12.5 Å². The van der Waals surface area contributed by atoms with Gasteiger partial charge in [0.15, 0.2) is 0 Å². The molecule has 0 radical (unpaired) electrons. The van der Waals surface area contributed by atoms with Crippen molar-refractivity contribution in [2.24, 2.45) is 5.92 Å². The summed E-state index contributed by atoms with van der Waals surface area (Å²) in [6, 6.07) is 7.88. The van der Waals surface area contributed by atoms with Crippen LogP contribution in [0.5, 0.6) is 0 Å². The van der Waals surface area contributed by atoms with Crippen LogP contribution >= 0.6 is 0 Å². The van der Waals surface area contributed by atoms with Gasteiger partial charge in [0, 0.05) is 6.54 Å². The molecule has 0 fully saturated rings. The lowest BCUT2D eigenvalue weighted by molar-refractivity contribution is -0.140. The van der Waals surface area contributed by atoms with Crippen LogP contribution in [0.2, 0.25) is 0 Å². The van der Waals surface area contributed by atoms with Crippen LogP contribution < -0.4 is 5.32 Å². The van der Waals surface area contributed by atoms with Gasteiger partial charge in [0.05, 0.1) is 0 Å². The van der Waals surface area contributed by atoms with Crippen LogP contribution in [-0.4, -0.2) is 17.1 Å². The highest BCUT2D eigenvalue weighted by Gasteiger charge is 2.22. The second-order valence-electron chi connectivity index (χ2n) is 5.48. The zero-order valence-corrected chi connectivity index (χ0v) is 12.3. The van der Waals surface area contributed by atoms with E-state index in [9.17, 15) is 9.90 Å². The fourth-order valence-electron chi connectivity index (χ4n) is 2.02. The van der Waals surface area contributed by atoms with Crippen LogP contribution in [-0.2, 0) is 11.3 Å². The summed E-state index contributed by atoms with van der Waals surface area (Å²) in [6.45, 7) is 8.90. The molecule has 0 aliphatic heterocycles. The molecule has 0 aromatic heterocycles. The lowest BCUT2D eigenvalue weighted by Gasteiger charge is -2.20. The number of aliphatic carboxylic acids is 1. The lowest BCUT2D eigenvalue weighted by Crippen LogP contribution is -2.41. The smallest absolute Gasteiger partial charge is 0.320 e. The molecule has 1 aromatic carbocycles.